The standard InChI is InChI=1S/C24H30ClFN4O5S/c1-16-13-30(17(2)12-29(16)14-18-4-7-21(26)8-5-18)23(32)15-35-24-19(10-20(25)11-27-24)6-9-22(31)28-36(3,33)34/h4-5,7-8,10-11,16-17H,6,9,12-15H2,1-3H3,(H,28,31)/t16-,17-/m0/s1. The van der Waals surface area contributed by atoms with Crippen LogP contribution in [0.2, 0.25) is 5.02 Å². The Morgan fingerprint density at radius 3 is 2.56 bits per heavy atom. The monoisotopic (exact) mass is 540 g/mol. The number of carbonyl (C=O) groups is 2. The lowest BCUT2D eigenvalue weighted by Gasteiger charge is -2.44. The van der Waals surface area contributed by atoms with Crippen molar-refractivity contribution in [1.29, 1.82) is 0 Å². The zero-order chi connectivity index (χ0) is 26.5. The molecule has 1 fully saturated rings. The Hall–Kier alpha value is -2.76. The van der Waals surface area contributed by atoms with Crippen LogP contribution in [0.5, 0.6) is 5.88 Å². The van der Waals surface area contributed by atoms with E-state index < -0.39 is 15.9 Å². The molecule has 12 heteroatoms. The predicted octanol–water partition coefficient (Wildman–Crippen LogP) is 2.38. The summed E-state index contributed by atoms with van der Waals surface area (Å²) in [6, 6.07) is 8.01. The summed E-state index contributed by atoms with van der Waals surface area (Å²) in [6.45, 7) is 5.59. The molecule has 3 rings (SSSR count). The maximum absolute atomic E-state index is 13.2. The number of rotatable bonds is 9. The molecular weight excluding hydrogens is 511 g/mol. The molecule has 2 amide bonds. The van der Waals surface area contributed by atoms with Gasteiger partial charge in [0.1, 0.15) is 5.82 Å². The minimum atomic E-state index is -3.65. The van der Waals surface area contributed by atoms with Crippen LogP contribution in [-0.2, 0) is 32.6 Å². The number of hydrogen-bond acceptors (Lipinski definition) is 7. The van der Waals surface area contributed by atoms with E-state index in [1.807, 2.05) is 18.6 Å². The fraction of sp³-hybridized carbons (Fsp3) is 0.458. The van der Waals surface area contributed by atoms with Crippen LogP contribution in [0.25, 0.3) is 0 Å². The molecule has 0 aliphatic carbocycles. The van der Waals surface area contributed by atoms with Crippen LogP contribution in [0.4, 0.5) is 4.39 Å². The lowest BCUT2D eigenvalue weighted by atomic mass is 10.1. The van der Waals surface area contributed by atoms with Crippen molar-refractivity contribution >= 4 is 33.4 Å². The second-order valence-corrected chi connectivity index (χ2v) is 11.2. The number of aromatic nitrogens is 1. The summed E-state index contributed by atoms with van der Waals surface area (Å²) in [5, 5.41) is 0.326. The van der Waals surface area contributed by atoms with Crippen molar-refractivity contribution < 1.29 is 27.1 Å². The first-order valence-corrected chi connectivity index (χ1v) is 13.7. The van der Waals surface area contributed by atoms with Gasteiger partial charge in [-0.2, -0.15) is 0 Å². The van der Waals surface area contributed by atoms with Crippen molar-refractivity contribution in [2.75, 3.05) is 26.0 Å². The van der Waals surface area contributed by atoms with Crippen LogP contribution in [0, 0.1) is 5.82 Å². The topological polar surface area (TPSA) is 109 Å². The van der Waals surface area contributed by atoms with Gasteiger partial charge in [0.25, 0.3) is 5.91 Å². The highest BCUT2D eigenvalue weighted by molar-refractivity contribution is 7.89. The van der Waals surface area contributed by atoms with Crippen LogP contribution >= 0.6 is 11.6 Å². The van der Waals surface area contributed by atoms with Gasteiger partial charge in [0.05, 0.1) is 11.3 Å². The summed E-state index contributed by atoms with van der Waals surface area (Å²) in [4.78, 5) is 33.0. The Bertz CT molecular complexity index is 1200. The van der Waals surface area contributed by atoms with Crippen molar-refractivity contribution in [2.45, 2.75) is 45.3 Å². The Morgan fingerprint density at radius 2 is 1.89 bits per heavy atom. The molecule has 1 N–H and O–H groups in total. The molecule has 0 saturated carbocycles. The van der Waals surface area contributed by atoms with Crippen LogP contribution in [-0.4, -0.2) is 73.1 Å². The summed E-state index contributed by atoms with van der Waals surface area (Å²) in [6.07, 6.45) is 2.29. The van der Waals surface area contributed by atoms with Crippen molar-refractivity contribution in [3.63, 3.8) is 0 Å². The Kier molecular flexibility index (Phi) is 9.26. The van der Waals surface area contributed by atoms with E-state index in [4.69, 9.17) is 16.3 Å². The number of halogens is 2. The molecule has 0 bridgehead atoms. The Balaban J connectivity index is 1.57. The van der Waals surface area contributed by atoms with Crippen LogP contribution in [0.15, 0.2) is 36.5 Å². The SMILES string of the molecule is C[C@H]1CN(C(=O)COc2ncc(Cl)cc2CCC(=O)NS(C)(=O)=O)[C@@H](C)CN1Cc1ccc(F)cc1. The van der Waals surface area contributed by atoms with Crippen LogP contribution in [0.3, 0.4) is 0 Å². The lowest BCUT2D eigenvalue weighted by molar-refractivity contribution is -0.139. The number of ether oxygens (including phenoxy) is 1. The molecule has 196 valence electrons. The quantitative estimate of drug-likeness (QED) is 0.520. The molecule has 0 unspecified atom stereocenters. The van der Waals surface area contributed by atoms with E-state index in [1.165, 1.54) is 18.3 Å². The first kappa shape index (κ1) is 27.8. The third-order valence-corrected chi connectivity index (χ3v) is 6.68. The molecule has 0 radical (unpaired) electrons. The van der Waals surface area contributed by atoms with Gasteiger partial charge in [0.15, 0.2) is 6.61 Å². The second-order valence-electron chi connectivity index (χ2n) is 9.00. The average molecular weight is 541 g/mol. The van der Waals surface area contributed by atoms with E-state index in [1.54, 1.807) is 23.1 Å². The number of piperazine rings is 1. The van der Waals surface area contributed by atoms with E-state index in [2.05, 4.69) is 9.88 Å². The zero-order valence-electron chi connectivity index (χ0n) is 20.4. The predicted molar refractivity (Wildman–Crippen MR) is 133 cm³/mol. The number of sulfonamides is 1. The Morgan fingerprint density at radius 1 is 1.19 bits per heavy atom. The van der Waals surface area contributed by atoms with Gasteiger partial charge in [-0.15, -0.1) is 0 Å². The van der Waals surface area contributed by atoms with Crippen molar-refractivity contribution in [2.24, 2.45) is 0 Å². The van der Waals surface area contributed by atoms with Gasteiger partial charge >= 0.3 is 0 Å². The van der Waals surface area contributed by atoms with Gasteiger partial charge in [-0.25, -0.2) is 17.8 Å². The minimum Gasteiger partial charge on any atom is -0.467 e. The zero-order valence-corrected chi connectivity index (χ0v) is 22.0. The first-order valence-electron chi connectivity index (χ1n) is 11.5. The average Bonchev–Trinajstić information content (AvgIpc) is 2.79. The molecular formula is C24H30ClFN4O5S. The van der Waals surface area contributed by atoms with Crippen LogP contribution in [0.1, 0.15) is 31.4 Å². The van der Waals surface area contributed by atoms with Crippen molar-refractivity contribution in [1.82, 2.24) is 19.5 Å². The first-order chi connectivity index (χ1) is 16.9. The fourth-order valence-corrected chi connectivity index (χ4v) is 4.78. The number of carbonyl (C=O) groups excluding carboxylic acids is 2. The van der Waals surface area contributed by atoms with E-state index in [9.17, 15) is 22.4 Å². The summed E-state index contributed by atoms with van der Waals surface area (Å²) in [5.74, 6) is -0.976. The van der Waals surface area contributed by atoms with Gasteiger partial charge in [-0.1, -0.05) is 23.7 Å². The van der Waals surface area contributed by atoms with Gasteiger partial charge in [-0.05, 0) is 44.0 Å². The van der Waals surface area contributed by atoms with E-state index in [-0.39, 0.29) is 49.1 Å². The fourth-order valence-electron chi connectivity index (χ4n) is 4.09. The molecule has 2 atom stereocenters. The smallest absolute Gasteiger partial charge is 0.260 e. The maximum Gasteiger partial charge on any atom is 0.260 e. The van der Waals surface area contributed by atoms with E-state index in [0.29, 0.717) is 30.2 Å². The molecule has 36 heavy (non-hydrogen) atoms. The Labute approximate surface area is 215 Å². The maximum atomic E-state index is 13.2. The molecule has 1 saturated heterocycles. The summed E-state index contributed by atoms with van der Waals surface area (Å²) < 4.78 is 43.3. The lowest BCUT2D eigenvalue weighted by Crippen LogP contribution is -2.58. The number of amides is 2. The minimum absolute atomic E-state index is 0.0601. The number of benzene rings is 1. The molecule has 2 aromatic rings. The molecule has 9 nitrogen and oxygen atoms in total. The number of hydrogen-bond donors (Lipinski definition) is 1. The third kappa shape index (κ3) is 8.14. The van der Waals surface area contributed by atoms with Crippen molar-refractivity contribution in [3.8, 4) is 5.88 Å². The number of aryl methyl sites for hydroxylation is 1. The number of nitrogens with one attached hydrogen (secondary N) is 1. The third-order valence-electron chi connectivity index (χ3n) is 5.88. The molecule has 0 spiro atoms. The molecule has 1 aliphatic rings. The number of pyridine rings is 1. The van der Waals surface area contributed by atoms with Gasteiger partial charge < -0.3 is 9.64 Å². The summed E-state index contributed by atoms with van der Waals surface area (Å²) in [7, 11) is -3.65. The molecule has 1 aromatic carbocycles. The summed E-state index contributed by atoms with van der Waals surface area (Å²) in [5.41, 5.74) is 1.50. The largest absolute Gasteiger partial charge is 0.467 e. The summed E-state index contributed by atoms with van der Waals surface area (Å²) >= 11 is 6.02. The second kappa shape index (κ2) is 12.0. The highest BCUT2D eigenvalue weighted by Crippen LogP contribution is 2.23. The van der Waals surface area contributed by atoms with E-state index >= 15 is 0 Å². The molecule has 1 aliphatic heterocycles. The van der Waals surface area contributed by atoms with E-state index in [0.717, 1.165) is 11.8 Å². The van der Waals surface area contributed by atoms with Crippen LogP contribution < -0.4 is 9.46 Å². The van der Waals surface area contributed by atoms with Gasteiger partial charge in [-0.3, -0.25) is 19.2 Å². The highest BCUT2D eigenvalue weighted by Gasteiger charge is 2.32. The number of nitrogens with zero attached hydrogens (tertiary/aromatic N) is 3. The highest BCUT2D eigenvalue weighted by atomic mass is 35.5. The van der Waals surface area contributed by atoms with Crippen molar-refractivity contribution in [3.05, 3.63) is 58.5 Å². The molecule has 2 heterocycles. The van der Waals surface area contributed by atoms with Gasteiger partial charge in [0.2, 0.25) is 21.8 Å². The van der Waals surface area contributed by atoms with Gasteiger partial charge in [0, 0.05) is 49.9 Å². The normalized spacial score (nSPS) is 18.6. The molecule has 1 aromatic heterocycles.